The standard InChI is InChI=1S/C23H27F3O2/c1-3-28-20-12-11-18(14-19(20)24)16-7-4-15(5-8-16)6-9-17-10-13-21(27-2)23(26)22(17)25/h10-16H,3-9H2,1-2H3. The zero-order chi connectivity index (χ0) is 20.1. The molecule has 0 radical (unpaired) electrons. The Morgan fingerprint density at radius 3 is 2.29 bits per heavy atom. The molecule has 28 heavy (non-hydrogen) atoms. The second kappa shape index (κ2) is 9.35. The van der Waals surface area contributed by atoms with Gasteiger partial charge >= 0.3 is 0 Å². The number of hydrogen-bond acceptors (Lipinski definition) is 2. The van der Waals surface area contributed by atoms with Crippen molar-refractivity contribution in [3.8, 4) is 11.5 Å². The first-order valence-corrected chi connectivity index (χ1v) is 9.96. The third-order valence-corrected chi connectivity index (χ3v) is 5.74. The topological polar surface area (TPSA) is 18.5 Å². The molecule has 0 amide bonds. The molecule has 5 heteroatoms. The zero-order valence-electron chi connectivity index (χ0n) is 16.4. The minimum absolute atomic E-state index is 0.0654. The molecule has 1 aliphatic carbocycles. The SMILES string of the molecule is CCOc1ccc(C2CCC(CCc3ccc(OC)c(F)c3F)CC2)cc1F. The van der Waals surface area contributed by atoms with E-state index >= 15 is 0 Å². The summed E-state index contributed by atoms with van der Waals surface area (Å²) in [4.78, 5) is 0. The number of halogens is 3. The Labute approximate surface area is 164 Å². The maximum Gasteiger partial charge on any atom is 0.200 e. The van der Waals surface area contributed by atoms with E-state index in [1.807, 2.05) is 13.0 Å². The monoisotopic (exact) mass is 392 g/mol. The molecule has 1 aliphatic rings. The minimum atomic E-state index is -0.916. The molecule has 152 valence electrons. The number of rotatable bonds is 7. The molecule has 0 unspecified atom stereocenters. The van der Waals surface area contributed by atoms with Gasteiger partial charge in [0.15, 0.2) is 23.1 Å². The maximum absolute atomic E-state index is 14.1. The Morgan fingerprint density at radius 1 is 0.929 bits per heavy atom. The first kappa shape index (κ1) is 20.6. The molecule has 0 aromatic heterocycles. The molecule has 0 heterocycles. The molecule has 3 rings (SSSR count). The fourth-order valence-electron chi connectivity index (χ4n) is 4.11. The molecular weight excluding hydrogens is 365 g/mol. The Bertz CT molecular complexity index is 799. The van der Waals surface area contributed by atoms with Crippen LogP contribution in [0, 0.1) is 23.4 Å². The van der Waals surface area contributed by atoms with Crippen molar-refractivity contribution >= 4 is 0 Å². The van der Waals surface area contributed by atoms with Crippen LogP contribution in [0.15, 0.2) is 30.3 Å². The fourth-order valence-corrected chi connectivity index (χ4v) is 4.11. The maximum atomic E-state index is 14.1. The molecule has 1 fully saturated rings. The molecule has 0 bridgehead atoms. The van der Waals surface area contributed by atoms with Crippen molar-refractivity contribution in [2.24, 2.45) is 5.92 Å². The second-order valence-corrected chi connectivity index (χ2v) is 7.43. The zero-order valence-corrected chi connectivity index (χ0v) is 16.4. The van der Waals surface area contributed by atoms with Gasteiger partial charge in [0.2, 0.25) is 5.82 Å². The molecular formula is C23H27F3O2. The minimum Gasteiger partial charge on any atom is -0.494 e. The van der Waals surface area contributed by atoms with Crippen LogP contribution in [0.25, 0.3) is 0 Å². The van der Waals surface area contributed by atoms with E-state index in [2.05, 4.69) is 0 Å². The van der Waals surface area contributed by atoms with E-state index in [4.69, 9.17) is 9.47 Å². The lowest BCUT2D eigenvalue weighted by Crippen LogP contribution is -2.14. The fraction of sp³-hybridized carbons (Fsp3) is 0.478. The predicted octanol–water partition coefficient (Wildman–Crippen LogP) is 6.42. The van der Waals surface area contributed by atoms with Gasteiger partial charge in [0.05, 0.1) is 13.7 Å². The summed E-state index contributed by atoms with van der Waals surface area (Å²) in [6, 6.07) is 8.33. The third-order valence-electron chi connectivity index (χ3n) is 5.74. The number of ether oxygens (including phenoxy) is 2. The molecule has 0 atom stereocenters. The van der Waals surface area contributed by atoms with E-state index in [1.54, 1.807) is 18.2 Å². The Kier molecular flexibility index (Phi) is 6.87. The van der Waals surface area contributed by atoms with Gasteiger partial charge in [0.25, 0.3) is 0 Å². The van der Waals surface area contributed by atoms with Crippen molar-refractivity contribution in [3.63, 3.8) is 0 Å². The third kappa shape index (κ3) is 4.62. The van der Waals surface area contributed by atoms with Gasteiger partial charge in [-0.15, -0.1) is 0 Å². The van der Waals surface area contributed by atoms with Gasteiger partial charge in [-0.1, -0.05) is 12.1 Å². The van der Waals surface area contributed by atoms with Crippen molar-refractivity contribution in [1.29, 1.82) is 0 Å². The van der Waals surface area contributed by atoms with Crippen molar-refractivity contribution < 1.29 is 22.6 Å². The summed E-state index contributed by atoms with van der Waals surface area (Å²) in [5, 5.41) is 0. The first-order chi connectivity index (χ1) is 13.5. The largest absolute Gasteiger partial charge is 0.494 e. The van der Waals surface area contributed by atoms with Crippen molar-refractivity contribution in [2.75, 3.05) is 13.7 Å². The van der Waals surface area contributed by atoms with Crippen molar-refractivity contribution in [1.82, 2.24) is 0 Å². The Hall–Kier alpha value is -2.17. The van der Waals surface area contributed by atoms with Crippen LogP contribution in [0.5, 0.6) is 11.5 Å². The van der Waals surface area contributed by atoms with Crippen LogP contribution >= 0.6 is 0 Å². The van der Waals surface area contributed by atoms with Crippen LogP contribution in [0.3, 0.4) is 0 Å². The summed E-state index contributed by atoms with van der Waals surface area (Å²) in [7, 11) is 1.33. The van der Waals surface area contributed by atoms with Crippen LogP contribution in [-0.2, 0) is 6.42 Å². The van der Waals surface area contributed by atoms with Gasteiger partial charge < -0.3 is 9.47 Å². The lowest BCUT2D eigenvalue weighted by molar-refractivity contribution is 0.305. The van der Waals surface area contributed by atoms with Crippen LogP contribution in [0.4, 0.5) is 13.2 Å². The lowest BCUT2D eigenvalue weighted by atomic mass is 9.77. The Balaban J connectivity index is 1.53. The molecule has 0 saturated heterocycles. The summed E-state index contributed by atoms with van der Waals surface area (Å²) >= 11 is 0. The normalized spacial score (nSPS) is 19.5. The van der Waals surface area contributed by atoms with Gasteiger partial charge in [0, 0.05) is 0 Å². The van der Waals surface area contributed by atoms with Gasteiger partial charge in [-0.05, 0) is 86.6 Å². The molecule has 0 spiro atoms. The lowest BCUT2D eigenvalue weighted by Gasteiger charge is -2.29. The van der Waals surface area contributed by atoms with E-state index in [9.17, 15) is 13.2 Å². The number of hydrogen-bond donors (Lipinski definition) is 0. The van der Waals surface area contributed by atoms with Crippen LogP contribution < -0.4 is 9.47 Å². The van der Waals surface area contributed by atoms with E-state index in [0.717, 1.165) is 37.7 Å². The highest BCUT2D eigenvalue weighted by Crippen LogP contribution is 2.38. The van der Waals surface area contributed by atoms with E-state index < -0.39 is 11.6 Å². The molecule has 2 nitrogen and oxygen atoms in total. The highest BCUT2D eigenvalue weighted by Gasteiger charge is 2.24. The quantitative estimate of drug-likeness (QED) is 0.541. The summed E-state index contributed by atoms with van der Waals surface area (Å²) in [5.74, 6) is -0.972. The molecule has 2 aromatic rings. The van der Waals surface area contributed by atoms with Gasteiger partial charge in [-0.2, -0.15) is 4.39 Å². The number of methoxy groups -OCH3 is 1. The number of benzene rings is 2. The summed E-state index contributed by atoms with van der Waals surface area (Å²) in [6.45, 7) is 2.28. The van der Waals surface area contributed by atoms with E-state index in [1.165, 1.54) is 13.2 Å². The van der Waals surface area contributed by atoms with Gasteiger partial charge in [0.1, 0.15) is 0 Å². The molecule has 2 aromatic carbocycles. The summed E-state index contributed by atoms with van der Waals surface area (Å²) < 4.78 is 52.1. The van der Waals surface area contributed by atoms with E-state index in [-0.39, 0.29) is 11.6 Å². The highest BCUT2D eigenvalue weighted by atomic mass is 19.2. The van der Waals surface area contributed by atoms with E-state index in [0.29, 0.717) is 36.2 Å². The van der Waals surface area contributed by atoms with Gasteiger partial charge in [-0.3, -0.25) is 0 Å². The molecule has 0 aliphatic heterocycles. The van der Waals surface area contributed by atoms with Crippen LogP contribution in [0.2, 0.25) is 0 Å². The predicted molar refractivity (Wildman–Crippen MR) is 103 cm³/mol. The van der Waals surface area contributed by atoms with Gasteiger partial charge in [-0.25, -0.2) is 8.78 Å². The Morgan fingerprint density at radius 2 is 1.64 bits per heavy atom. The number of aryl methyl sites for hydroxylation is 1. The van der Waals surface area contributed by atoms with Crippen molar-refractivity contribution in [2.45, 2.75) is 51.4 Å². The summed E-state index contributed by atoms with van der Waals surface area (Å²) in [5.41, 5.74) is 1.41. The average molecular weight is 392 g/mol. The molecule has 0 N–H and O–H groups in total. The van der Waals surface area contributed by atoms with Crippen LogP contribution in [-0.4, -0.2) is 13.7 Å². The smallest absolute Gasteiger partial charge is 0.200 e. The highest BCUT2D eigenvalue weighted by molar-refractivity contribution is 5.32. The van der Waals surface area contributed by atoms with Crippen LogP contribution in [0.1, 0.15) is 56.1 Å². The van der Waals surface area contributed by atoms with Crippen molar-refractivity contribution in [3.05, 3.63) is 58.9 Å². The molecule has 1 saturated carbocycles. The summed E-state index contributed by atoms with van der Waals surface area (Å²) in [6.07, 6.45) is 5.33. The second-order valence-electron chi connectivity index (χ2n) is 7.43. The average Bonchev–Trinajstić information content (AvgIpc) is 2.71. The first-order valence-electron chi connectivity index (χ1n) is 9.96.